The normalized spacial score (nSPS) is 15.4. The van der Waals surface area contributed by atoms with Crippen LogP contribution in [-0.2, 0) is 24.4 Å². The van der Waals surface area contributed by atoms with Crippen molar-refractivity contribution in [1.82, 2.24) is 0 Å². The molecule has 1 aromatic carbocycles. The maximum Gasteiger partial charge on any atom is 0.423 e. The summed E-state index contributed by atoms with van der Waals surface area (Å²) >= 11 is 0. The molecule has 132 valence electrons. The highest BCUT2D eigenvalue weighted by molar-refractivity contribution is 7.87. The first-order valence-electron chi connectivity index (χ1n) is 5.51. The van der Waals surface area contributed by atoms with Gasteiger partial charge in [0.2, 0.25) is 0 Å². The lowest BCUT2D eigenvalue weighted by Crippen LogP contribution is -2.52. The molecule has 0 aromatic heterocycles. The van der Waals surface area contributed by atoms with Gasteiger partial charge in [-0.05, 0) is 18.6 Å². The highest BCUT2D eigenvalue weighted by atomic mass is 32.2. The molecule has 0 saturated carbocycles. The van der Waals surface area contributed by atoms with Crippen molar-refractivity contribution in [2.45, 2.75) is 29.4 Å². The minimum atomic E-state index is -6.59. The molecule has 0 spiro atoms. The van der Waals surface area contributed by atoms with E-state index in [1.165, 1.54) is 6.07 Å². The number of halogens is 5. The number of rotatable bonds is 5. The first kappa shape index (κ1) is 19.7. The van der Waals surface area contributed by atoms with Crippen molar-refractivity contribution in [3.05, 3.63) is 29.8 Å². The molecule has 23 heavy (non-hydrogen) atoms. The third-order valence-electron chi connectivity index (χ3n) is 2.53. The SMILES string of the molecule is Cc1ccccc1S(=O)(=O)OC(C(F)(F)F)C(F)(F)S(=O)(=O)O. The maximum atomic E-state index is 13.3. The zero-order valence-electron chi connectivity index (χ0n) is 11.1. The average molecular weight is 384 g/mol. The quantitative estimate of drug-likeness (QED) is 0.474. The van der Waals surface area contributed by atoms with Crippen LogP contribution in [0, 0.1) is 6.92 Å². The van der Waals surface area contributed by atoms with Crippen LogP contribution >= 0.6 is 0 Å². The van der Waals surface area contributed by atoms with Crippen LogP contribution in [0.15, 0.2) is 29.2 Å². The van der Waals surface area contributed by atoms with Gasteiger partial charge in [0.15, 0.2) is 0 Å². The van der Waals surface area contributed by atoms with Crippen LogP contribution < -0.4 is 0 Å². The lowest BCUT2D eigenvalue weighted by molar-refractivity contribution is -0.237. The topological polar surface area (TPSA) is 97.7 Å². The monoisotopic (exact) mass is 384 g/mol. The second-order valence-electron chi connectivity index (χ2n) is 4.27. The minimum absolute atomic E-state index is 0.122. The number of hydrogen-bond donors (Lipinski definition) is 1. The van der Waals surface area contributed by atoms with Crippen LogP contribution in [0.4, 0.5) is 22.0 Å². The molecule has 1 aromatic rings. The summed E-state index contributed by atoms with van der Waals surface area (Å²) in [6, 6.07) is 4.35. The molecule has 0 aliphatic carbocycles. The second kappa shape index (κ2) is 5.96. The molecule has 0 aliphatic rings. The van der Waals surface area contributed by atoms with Crippen LogP contribution in [0.25, 0.3) is 0 Å². The third kappa shape index (κ3) is 4.16. The van der Waals surface area contributed by atoms with E-state index < -0.39 is 42.7 Å². The standard InChI is InChI=1S/C10H9F5O6S2/c1-6-4-2-3-5-7(6)22(16,17)21-8(9(11,12)13)10(14,15)23(18,19)20/h2-5,8H,1H3,(H,18,19,20). The Hall–Kier alpha value is -1.31. The van der Waals surface area contributed by atoms with E-state index in [0.717, 1.165) is 25.1 Å². The van der Waals surface area contributed by atoms with Gasteiger partial charge in [-0.15, -0.1) is 0 Å². The maximum absolute atomic E-state index is 13.3. The third-order valence-corrected chi connectivity index (χ3v) is 4.88. The van der Waals surface area contributed by atoms with Crippen molar-refractivity contribution in [2.75, 3.05) is 0 Å². The largest absolute Gasteiger partial charge is 0.423 e. The van der Waals surface area contributed by atoms with E-state index in [4.69, 9.17) is 4.55 Å². The Balaban J connectivity index is 3.42. The van der Waals surface area contributed by atoms with E-state index in [1.54, 1.807) is 0 Å². The fourth-order valence-electron chi connectivity index (χ4n) is 1.45. The van der Waals surface area contributed by atoms with Crippen molar-refractivity contribution in [3.8, 4) is 0 Å². The summed E-state index contributed by atoms with van der Waals surface area (Å²) in [5.74, 6) is 0. The first-order chi connectivity index (χ1) is 10.1. The Bertz CT molecular complexity index is 784. The molecule has 0 saturated heterocycles. The van der Waals surface area contributed by atoms with Gasteiger partial charge in [0, 0.05) is 0 Å². The van der Waals surface area contributed by atoms with Crippen molar-refractivity contribution in [2.24, 2.45) is 0 Å². The smallest absolute Gasteiger partial charge is 0.281 e. The van der Waals surface area contributed by atoms with Gasteiger partial charge in [-0.1, -0.05) is 18.2 Å². The molecule has 0 radical (unpaired) electrons. The summed E-state index contributed by atoms with van der Waals surface area (Å²) in [5.41, 5.74) is -0.122. The fourth-order valence-corrected chi connectivity index (χ4v) is 3.26. The second-order valence-corrected chi connectivity index (χ2v) is 7.31. The van der Waals surface area contributed by atoms with Gasteiger partial charge in [-0.2, -0.15) is 38.8 Å². The summed E-state index contributed by atoms with van der Waals surface area (Å²) < 4.78 is 121. The van der Waals surface area contributed by atoms with Crippen LogP contribution in [0.5, 0.6) is 0 Å². The van der Waals surface area contributed by atoms with E-state index in [9.17, 15) is 38.8 Å². The molecule has 0 bridgehead atoms. The van der Waals surface area contributed by atoms with E-state index in [1.807, 2.05) is 0 Å². The molecule has 0 amide bonds. The zero-order valence-corrected chi connectivity index (χ0v) is 12.7. The Morgan fingerprint density at radius 3 is 1.91 bits per heavy atom. The molecule has 6 nitrogen and oxygen atoms in total. The number of benzene rings is 1. The number of hydrogen-bond acceptors (Lipinski definition) is 5. The lowest BCUT2D eigenvalue weighted by atomic mass is 10.2. The number of aryl methyl sites for hydroxylation is 1. The summed E-state index contributed by atoms with van der Waals surface area (Å²) in [5, 5.41) is -5.93. The summed E-state index contributed by atoms with van der Waals surface area (Å²) in [7, 11) is -12.0. The predicted octanol–water partition coefficient (Wildman–Crippen LogP) is 2.11. The lowest BCUT2D eigenvalue weighted by Gasteiger charge is -2.25. The van der Waals surface area contributed by atoms with Crippen molar-refractivity contribution in [1.29, 1.82) is 0 Å². The van der Waals surface area contributed by atoms with Gasteiger partial charge in [-0.25, -0.2) is 4.18 Å². The molecular formula is C10H9F5O6S2. The van der Waals surface area contributed by atoms with Crippen LogP contribution in [0.2, 0.25) is 0 Å². The molecule has 0 fully saturated rings. The molecular weight excluding hydrogens is 375 g/mol. The van der Waals surface area contributed by atoms with Gasteiger partial charge in [0.1, 0.15) is 0 Å². The highest BCUT2D eigenvalue weighted by Crippen LogP contribution is 2.39. The van der Waals surface area contributed by atoms with Crippen molar-refractivity contribution < 1.29 is 47.5 Å². The molecule has 1 atom stereocenters. The summed E-state index contributed by atoms with van der Waals surface area (Å²) in [4.78, 5) is -0.861. The highest BCUT2D eigenvalue weighted by Gasteiger charge is 2.66. The average Bonchev–Trinajstić information content (AvgIpc) is 2.33. The molecule has 1 unspecified atom stereocenters. The van der Waals surface area contributed by atoms with Crippen molar-refractivity contribution >= 4 is 20.2 Å². The van der Waals surface area contributed by atoms with Crippen LogP contribution in [0.3, 0.4) is 0 Å². The molecule has 1 N–H and O–H groups in total. The van der Waals surface area contributed by atoms with Crippen LogP contribution in [0.1, 0.15) is 5.56 Å². The zero-order chi connectivity index (χ0) is 18.3. The Morgan fingerprint density at radius 2 is 1.52 bits per heavy atom. The number of alkyl halides is 5. The molecule has 13 heteroatoms. The van der Waals surface area contributed by atoms with Gasteiger partial charge in [0.05, 0.1) is 4.90 Å². The van der Waals surface area contributed by atoms with E-state index in [2.05, 4.69) is 4.18 Å². The Labute approximate surface area is 127 Å². The Morgan fingerprint density at radius 1 is 1.04 bits per heavy atom. The van der Waals surface area contributed by atoms with Gasteiger partial charge in [-0.3, -0.25) is 4.55 Å². The van der Waals surface area contributed by atoms with Gasteiger partial charge in [0.25, 0.3) is 16.2 Å². The molecule has 0 heterocycles. The molecule has 0 aliphatic heterocycles. The summed E-state index contributed by atoms with van der Waals surface area (Å²) in [6.45, 7) is 1.15. The van der Waals surface area contributed by atoms with E-state index >= 15 is 0 Å². The van der Waals surface area contributed by atoms with Crippen molar-refractivity contribution in [3.63, 3.8) is 0 Å². The van der Waals surface area contributed by atoms with Gasteiger partial charge < -0.3 is 0 Å². The van der Waals surface area contributed by atoms with Crippen LogP contribution in [-0.4, -0.2) is 38.9 Å². The predicted molar refractivity (Wildman–Crippen MR) is 65.8 cm³/mol. The fraction of sp³-hybridized carbons (Fsp3) is 0.400. The van der Waals surface area contributed by atoms with Gasteiger partial charge >= 0.3 is 21.5 Å². The molecule has 1 rings (SSSR count). The Kier molecular flexibility index (Phi) is 5.11. The van der Waals surface area contributed by atoms with E-state index in [-0.39, 0.29) is 5.56 Å². The minimum Gasteiger partial charge on any atom is -0.281 e. The first-order valence-corrected chi connectivity index (χ1v) is 8.36. The van der Waals surface area contributed by atoms with E-state index in [0.29, 0.717) is 0 Å². The summed E-state index contributed by atoms with van der Waals surface area (Å²) in [6.07, 6.45) is -10.7.